The van der Waals surface area contributed by atoms with E-state index in [9.17, 15) is 4.79 Å². The van der Waals surface area contributed by atoms with Gasteiger partial charge in [-0.3, -0.25) is 9.89 Å². The second-order valence-electron chi connectivity index (χ2n) is 7.94. The monoisotopic (exact) mass is 326 g/mol. The van der Waals surface area contributed by atoms with E-state index in [4.69, 9.17) is 0 Å². The summed E-state index contributed by atoms with van der Waals surface area (Å²) in [4.78, 5) is 15.4. The minimum absolute atomic E-state index is 0.0831. The van der Waals surface area contributed by atoms with Crippen LogP contribution < -0.4 is 5.32 Å². The maximum absolute atomic E-state index is 12.9. The third-order valence-corrected chi connectivity index (χ3v) is 6.22. The molecule has 5 heteroatoms. The number of amides is 1. The molecule has 1 unspecified atom stereocenters. The highest BCUT2D eigenvalue weighted by molar-refractivity contribution is 6.04. The molecule has 1 aromatic carbocycles. The van der Waals surface area contributed by atoms with Crippen molar-refractivity contribution < 1.29 is 4.79 Å². The summed E-state index contributed by atoms with van der Waals surface area (Å²) in [6, 6.07) is 9.09. The smallest absolute Gasteiger partial charge is 0.272 e. The molecule has 24 heavy (non-hydrogen) atoms. The number of para-hydroxylation sites is 1. The predicted octanol–water partition coefficient (Wildman–Crippen LogP) is 2.94. The zero-order chi connectivity index (χ0) is 16.9. The molecule has 0 radical (unpaired) electrons. The van der Waals surface area contributed by atoms with Gasteiger partial charge in [-0.05, 0) is 58.6 Å². The molecule has 2 aromatic rings. The molecule has 2 aliphatic heterocycles. The fourth-order valence-corrected chi connectivity index (χ4v) is 4.86. The van der Waals surface area contributed by atoms with Crippen LogP contribution in [0.2, 0.25) is 0 Å². The highest BCUT2D eigenvalue weighted by atomic mass is 16.2. The van der Waals surface area contributed by atoms with Crippen LogP contribution >= 0.6 is 0 Å². The molecule has 3 heterocycles. The van der Waals surface area contributed by atoms with Gasteiger partial charge in [0, 0.05) is 23.0 Å². The molecule has 5 nitrogen and oxygen atoms in total. The maximum atomic E-state index is 12.9. The first-order valence-corrected chi connectivity index (χ1v) is 8.95. The van der Waals surface area contributed by atoms with Crippen molar-refractivity contribution in [1.29, 1.82) is 0 Å². The number of nitrogens with one attached hydrogen (secondary N) is 2. The van der Waals surface area contributed by atoms with Gasteiger partial charge in [0.25, 0.3) is 5.91 Å². The van der Waals surface area contributed by atoms with E-state index in [-0.39, 0.29) is 11.4 Å². The lowest BCUT2D eigenvalue weighted by Crippen LogP contribution is -2.57. The van der Waals surface area contributed by atoms with Crippen molar-refractivity contribution in [3.8, 4) is 0 Å². The predicted molar refractivity (Wildman–Crippen MR) is 94.9 cm³/mol. The fraction of sp³-hybridized carbons (Fsp3) is 0.579. The van der Waals surface area contributed by atoms with Gasteiger partial charge in [0.15, 0.2) is 5.69 Å². The number of carbonyl (C=O) groups excluding carboxylic acids is 1. The van der Waals surface area contributed by atoms with Crippen molar-refractivity contribution in [3.63, 3.8) is 0 Å². The molecule has 2 aliphatic rings. The summed E-state index contributed by atoms with van der Waals surface area (Å²) in [6.45, 7) is 4.33. The van der Waals surface area contributed by atoms with Crippen molar-refractivity contribution >= 4 is 16.8 Å². The summed E-state index contributed by atoms with van der Waals surface area (Å²) >= 11 is 0. The molecule has 0 aliphatic carbocycles. The van der Waals surface area contributed by atoms with Gasteiger partial charge in [0.05, 0.1) is 5.52 Å². The van der Waals surface area contributed by atoms with Crippen molar-refractivity contribution in [1.82, 2.24) is 20.4 Å². The summed E-state index contributed by atoms with van der Waals surface area (Å²) in [7, 11) is 2.24. The van der Waals surface area contributed by atoms with Gasteiger partial charge < -0.3 is 10.2 Å². The molecule has 128 valence electrons. The van der Waals surface area contributed by atoms with Crippen LogP contribution in [-0.4, -0.2) is 45.7 Å². The number of aromatic amines is 1. The summed E-state index contributed by atoms with van der Waals surface area (Å²) in [5.74, 6) is 0.399. The molecular formula is C19H26N4O. The van der Waals surface area contributed by atoms with E-state index < -0.39 is 0 Å². The Morgan fingerprint density at radius 2 is 2.00 bits per heavy atom. The number of hydrogen-bond donors (Lipinski definition) is 2. The van der Waals surface area contributed by atoms with Crippen molar-refractivity contribution in [2.75, 3.05) is 7.05 Å². The maximum Gasteiger partial charge on any atom is 0.272 e. The first-order valence-electron chi connectivity index (χ1n) is 8.95. The molecule has 2 N–H and O–H groups in total. The third-order valence-electron chi connectivity index (χ3n) is 6.22. The molecule has 1 amide bonds. The van der Waals surface area contributed by atoms with Gasteiger partial charge in [-0.25, -0.2) is 0 Å². The highest BCUT2D eigenvalue weighted by Crippen LogP contribution is 2.42. The van der Waals surface area contributed by atoms with Gasteiger partial charge in [-0.1, -0.05) is 18.2 Å². The van der Waals surface area contributed by atoms with E-state index in [0.717, 1.165) is 16.9 Å². The summed E-state index contributed by atoms with van der Waals surface area (Å²) in [6.07, 6.45) is 4.97. The van der Waals surface area contributed by atoms with E-state index in [1.165, 1.54) is 25.7 Å². The first kappa shape index (κ1) is 15.6. The zero-order valence-corrected chi connectivity index (χ0v) is 14.7. The van der Waals surface area contributed by atoms with Crippen molar-refractivity contribution in [2.45, 2.75) is 57.2 Å². The Morgan fingerprint density at radius 1 is 1.25 bits per heavy atom. The van der Waals surface area contributed by atoms with E-state index in [1.807, 2.05) is 24.3 Å². The average Bonchev–Trinajstić information content (AvgIpc) is 3.04. The lowest BCUT2D eigenvalue weighted by Gasteiger charge is -2.45. The van der Waals surface area contributed by atoms with Gasteiger partial charge in [-0.15, -0.1) is 0 Å². The quantitative estimate of drug-likeness (QED) is 0.911. The molecule has 3 atom stereocenters. The number of hydrogen-bond acceptors (Lipinski definition) is 3. The number of nitrogens with zero attached hydrogens (tertiary/aromatic N) is 2. The molecular weight excluding hydrogens is 300 g/mol. The van der Waals surface area contributed by atoms with Crippen LogP contribution in [-0.2, 0) is 0 Å². The minimum atomic E-state index is -0.245. The fourth-order valence-electron chi connectivity index (χ4n) is 4.86. The first-order chi connectivity index (χ1) is 11.5. The lowest BCUT2D eigenvalue weighted by molar-refractivity contribution is 0.0574. The molecule has 2 saturated heterocycles. The van der Waals surface area contributed by atoms with Crippen molar-refractivity contribution in [2.24, 2.45) is 5.92 Å². The lowest BCUT2D eigenvalue weighted by atomic mass is 9.76. The number of benzene rings is 1. The van der Waals surface area contributed by atoms with Crippen LogP contribution in [0.1, 0.15) is 50.0 Å². The summed E-state index contributed by atoms with van der Waals surface area (Å²) in [5.41, 5.74) is 1.15. The Kier molecular flexibility index (Phi) is 3.64. The topological polar surface area (TPSA) is 61.0 Å². The van der Waals surface area contributed by atoms with Gasteiger partial charge in [0.1, 0.15) is 0 Å². The second-order valence-corrected chi connectivity index (χ2v) is 7.94. The number of rotatable bonds is 3. The number of fused-ring (bicyclic) bond motifs is 3. The van der Waals surface area contributed by atoms with E-state index in [0.29, 0.717) is 17.7 Å². The Morgan fingerprint density at radius 3 is 2.83 bits per heavy atom. The van der Waals surface area contributed by atoms with Crippen LogP contribution in [0.25, 0.3) is 10.9 Å². The average molecular weight is 326 g/mol. The Labute approximate surface area is 142 Å². The minimum Gasteiger partial charge on any atom is -0.345 e. The van der Waals surface area contributed by atoms with E-state index in [1.54, 1.807) is 0 Å². The van der Waals surface area contributed by atoms with Crippen molar-refractivity contribution in [3.05, 3.63) is 30.0 Å². The van der Waals surface area contributed by atoms with Crippen LogP contribution in [0, 0.1) is 5.92 Å². The molecule has 0 spiro atoms. The Hall–Kier alpha value is -1.88. The third kappa shape index (κ3) is 2.42. The number of carbonyl (C=O) groups is 1. The van der Waals surface area contributed by atoms with Gasteiger partial charge in [0.2, 0.25) is 0 Å². The van der Waals surface area contributed by atoms with Gasteiger partial charge in [-0.2, -0.15) is 5.10 Å². The largest absolute Gasteiger partial charge is 0.345 e. The highest BCUT2D eigenvalue weighted by Gasteiger charge is 2.46. The molecule has 2 bridgehead atoms. The van der Waals surface area contributed by atoms with Gasteiger partial charge >= 0.3 is 0 Å². The Balaban J connectivity index is 1.56. The van der Waals surface area contributed by atoms with Crippen LogP contribution in [0.15, 0.2) is 24.3 Å². The van der Waals surface area contributed by atoms with Crippen LogP contribution in [0.4, 0.5) is 0 Å². The number of piperidine rings is 1. The number of H-pyrrole nitrogens is 1. The SMILES string of the molecule is CN1[C@H]2CCC(C(C)(C)NC(=O)c3n[nH]c4ccccc34)[C@@H]1CC2. The molecule has 1 aromatic heterocycles. The Bertz CT molecular complexity index is 766. The van der Waals surface area contributed by atoms with E-state index >= 15 is 0 Å². The molecule has 2 fully saturated rings. The zero-order valence-electron chi connectivity index (χ0n) is 14.7. The normalized spacial score (nSPS) is 27.5. The van der Waals surface area contributed by atoms with Crippen LogP contribution in [0.5, 0.6) is 0 Å². The second kappa shape index (κ2) is 5.59. The molecule has 4 rings (SSSR count). The van der Waals surface area contributed by atoms with E-state index in [2.05, 4.69) is 41.3 Å². The molecule has 0 saturated carbocycles. The van der Waals surface area contributed by atoms with Crippen LogP contribution in [0.3, 0.4) is 0 Å². The standard InChI is InChI=1S/C19H26N4O/c1-19(2,14-10-8-12-9-11-16(14)23(12)3)20-18(24)17-13-6-4-5-7-15(13)21-22-17/h4-7,12,14,16H,8-11H2,1-3H3,(H,20,24)(H,21,22)/t12-,14?,16-/m0/s1. The number of aromatic nitrogens is 2. The summed E-state index contributed by atoms with van der Waals surface area (Å²) in [5, 5.41) is 11.3. The summed E-state index contributed by atoms with van der Waals surface area (Å²) < 4.78 is 0.